The van der Waals surface area contributed by atoms with E-state index < -0.39 is 12.6 Å². The first-order valence-electron chi connectivity index (χ1n) is 6.30. The lowest BCUT2D eigenvalue weighted by Crippen LogP contribution is -2.25. The molecule has 1 aromatic rings. The second-order valence-electron chi connectivity index (χ2n) is 4.68. The third kappa shape index (κ3) is 5.92. The molecule has 0 aromatic carbocycles. The highest BCUT2D eigenvalue weighted by atomic mass is 19.4. The van der Waals surface area contributed by atoms with Gasteiger partial charge in [0.05, 0.1) is 6.42 Å². The zero-order chi connectivity index (χ0) is 14.5. The molecule has 0 aliphatic carbocycles. The first-order chi connectivity index (χ1) is 8.81. The van der Waals surface area contributed by atoms with Crippen LogP contribution in [0.4, 0.5) is 19.0 Å². The van der Waals surface area contributed by atoms with Crippen LogP contribution >= 0.6 is 0 Å². The number of nitrogens with zero attached hydrogens (tertiary/aromatic N) is 2. The molecule has 0 saturated carbocycles. The number of rotatable bonds is 6. The molecule has 1 unspecified atom stereocenters. The van der Waals surface area contributed by atoms with Crippen molar-refractivity contribution in [2.45, 2.75) is 38.4 Å². The van der Waals surface area contributed by atoms with Crippen LogP contribution in [0.3, 0.4) is 0 Å². The number of alkyl halides is 3. The molecule has 1 heterocycles. The van der Waals surface area contributed by atoms with Crippen molar-refractivity contribution >= 4 is 5.82 Å². The van der Waals surface area contributed by atoms with Crippen molar-refractivity contribution < 1.29 is 13.2 Å². The van der Waals surface area contributed by atoms with Gasteiger partial charge in [-0.2, -0.15) is 13.2 Å². The van der Waals surface area contributed by atoms with Gasteiger partial charge in [0.1, 0.15) is 5.82 Å². The highest BCUT2D eigenvalue weighted by Crippen LogP contribution is 2.21. The van der Waals surface area contributed by atoms with Crippen molar-refractivity contribution in [3.63, 3.8) is 0 Å². The Kier molecular flexibility index (Phi) is 5.60. The summed E-state index contributed by atoms with van der Waals surface area (Å²) in [5.41, 5.74) is 6.84. The fourth-order valence-corrected chi connectivity index (χ4v) is 1.62. The molecule has 0 radical (unpaired) electrons. The number of anilines is 1. The summed E-state index contributed by atoms with van der Waals surface area (Å²) < 4.78 is 36.4. The second-order valence-corrected chi connectivity index (χ2v) is 4.68. The number of hydrogen-bond acceptors (Lipinski definition) is 3. The van der Waals surface area contributed by atoms with Gasteiger partial charge in [-0.05, 0) is 24.5 Å². The largest absolute Gasteiger partial charge is 0.390 e. The molecular weight excluding hydrogens is 255 g/mol. The van der Waals surface area contributed by atoms with Gasteiger partial charge in [-0.1, -0.05) is 13.0 Å². The van der Waals surface area contributed by atoms with E-state index in [-0.39, 0.29) is 12.6 Å². The minimum absolute atomic E-state index is 0.0929. The Bertz CT molecular complexity index is 376. The zero-order valence-corrected chi connectivity index (χ0v) is 11.2. The molecule has 0 saturated heterocycles. The summed E-state index contributed by atoms with van der Waals surface area (Å²) in [6.07, 6.45) is -1.69. The summed E-state index contributed by atoms with van der Waals surface area (Å²) in [4.78, 5) is 5.67. The van der Waals surface area contributed by atoms with Gasteiger partial charge in [-0.25, -0.2) is 4.98 Å². The molecular formula is C13H20F3N3. The molecule has 0 fully saturated rings. The van der Waals surface area contributed by atoms with Gasteiger partial charge in [0.15, 0.2) is 0 Å². The number of halogens is 3. The molecule has 3 nitrogen and oxygen atoms in total. The summed E-state index contributed by atoms with van der Waals surface area (Å²) >= 11 is 0. The van der Waals surface area contributed by atoms with Gasteiger partial charge in [-0.3, -0.25) is 0 Å². The zero-order valence-electron chi connectivity index (χ0n) is 11.2. The number of nitrogens with two attached hydrogens (primary N) is 1. The molecule has 1 rings (SSSR count). The van der Waals surface area contributed by atoms with Crippen molar-refractivity contribution in [3.8, 4) is 0 Å². The summed E-state index contributed by atoms with van der Waals surface area (Å²) in [6, 6.07) is 3.69. The molecule has 0 amide bonds. The first kappa shape index (κ1) is 15.8. The Morgan fingerprint density at radius 3 is 2.53 bits per heavy atom. The number of hydrogen-bond donors (Lipinski definition) is 1. The van der Waals surface area contributed by atoms with Crippen LogP contribution in [0.1, 0.15) is 25.3 Å². The molecule has 0 aliphatic heterocycles. The van der Waals surface area contributed by atoms with Crippen molar-refractivity contribution in [2.24, 2.45) is 5.73 Å². The van der Waals surface area contributed by atoms with Crippen molar-refractivity contribution in [2.75, 3.05) is 18.5 Å². The average molecular weight is 275 g/mol. The highest BCUT2D eigenvalue weighted by molar-refractivity contribution is 5.38. The number of aromatic nitrogens is 1. The quantitative estimate of drug-likeness (QED) is 0.868. The van der Waals surface area contributed by atoms with Crippen LogP contribution in [-0.2, 0) is 6.42 Å². The van der Waals surface area contributed by atoms with E-state index in [1.807, 2.05) is 13.0 Å². The molecule has 0 spiro atoms. The van der Waals surface area contributed by atoms with Crippen LogP contribution in [0.25, 0.3) is 0 Å². The minimum Gasteiger partial charge on any atom is -0.359 e. The molecule has 0 bridgehead atoms. The summed E-state index contributed by atoms with van der Waals surface area (Å²) in [6.45, 7) is 1.92. The molecule has 19 heavy (non-hydrogen) atoms. The lowest BCUT2D eigenvalue weighted by molar-refractivity contribution is -0.132. The number of pyridine rings is 1. The summed E-state index contributed by atoms with van der Waals surface area (Å²) in [7, 11) is 1.60. The van der Waals surface area contributed by atoms with E-state index in [0.29, 0.717) is 5.82 Å². The molecule has 1 aromatic heterocycles. The van der Waals surface area contributed by atoms with Crippen LogP contribution in [0.15, 0.2) is 18.3 Å². The van der Waals surface area contributed by atoms with Crippen molar-refractivity contribution in [1.82, 2.24) is 4.98 Å². The van der Waals surface area contributed by atoms with Gasteiger partial charge in [-0.15, -0.1) is 0 Å². The van der Waals surface area contributed by atoms with E-state index in [1.54, 1.807) is 19.3 Å². The standard InChI is InChI=1S/C13H20F3N3/c1-3-11(17)8-10-4-5-12(18-9-10)19(2)7-6-13(14,15)16/h4-5,9,11H,3,6-8,17H2,1-2H3. The minimum atomic E-state index is -4.14. The van der Waals surface area contributed by atoms with Crippen LogP contribution in [0.2, 0.25) is 0 Å². The maximum absolute atomic E-state index is 12.1. The Labute approximate surface area is 111 Å². The SMILES string of the molecule is CCC(N)Cc1ccc(N(C)CCC(F)(F)F)nc1. The fourth-order valence-electron chi connectivity index (χ4n) is 1.62. The Balaban J connectivity index is 2.55. The van der Waals surface area contributed by atoms with E-state index in [4.69, 9.17) is 5.73 Å². The van der Waals surface area contributed by atoms with Gasteiger partial charge in [0, 0.05) is 25.8 Å². The van der Waals surface area contributed by atoms with Crippen molar-refractivity contribution in [3.05, 3.63) is 23.9 Å². The van der Waals surface area contributed by atoms with E-state index in [2.05, 4.69) is 4.98 Å². The Morgan fingerprint density at radius 2 is 2.05 bits per heavy atom. The molecule has 1 atom stereocenters. The Hall–Kier alpha value is -1.30. The average Bonchev–Trinajstić information content (AvgIpc) is 2.36. The molecule has 108 valence electrons. The normalized spacial score (nSPS) is 13.4. The lowest BCUT2D eigenvalue weighted by atomic mass is 10.1. The smallest absolute Gasteiger partial charge is 0.359 e. The van der Waals surface area contributed by atoms with Gasteiger partial charge >= 0.3 is 6.18 Å². The van der Waals surface area contributed by atoms with Gasteiger partial charge in [0.25, 0.3) is 0 Å². The molecule has 0 aliphatic rings. The van der Waals surface area contributed by atoms with Crippen LogP contribution in [0.5, 0.6) is 0 Å². The first-order valence-corrected chi connectivity index (χ1v) is 6.30. The Morgan fingerprint density at radius 1 is 1.37 bits per heavy atom. The third-order valence-corrected chi connectivity index (χ3v) is 2.95. The van der Waals surface area contributed by atoms with Crippen LogP contribution in [0, 0.1) is 0 Å². The van der Waals surface area contributed by atoms with Crippen molar-refractivity contribution in [1.29, 1.82) is 0 Å². The summed E-state index contributed by atoms with van der Waals surface area (Å²) in [5, 5.41) is 0. The maximum Gasteiger partial charge on any atom is 0.390 e. The molecule has 6 heteroatoms. The molecule has 2 N–H and O–H groups in total. The maximum atomic E-state index is 12.1. The highest BCUT2D eigenvalue weighted by Gasteiger charge is 2.27. The van der Waals surface area contributed by atoms with Gasteiger partial charge < -0.3 is 10.6 Å². The van der Waals surface area contributed by atoms with E-state index in [9.17, 15) is 13.2 Å². The second kappa shape index (κ2) is 6.75. The monoisotopic (exact) mass is 275 g/mol. The lowest BCUT2D eigenvalue weighted by Gasteiger charge is -2.19. The predicted molar refractivity (Wildman–Crippen MR) is 70.1 cm³/mol. The fraction of sp³-hybridized carbons (Fsp3) is 0.615. The van der Waals surface area contributed by atoms with E-state index in [1.165, 1.54) is 4.90 Å². The van der Waals surface area contributed by atoms with E-state index in [0.717, 1.165) is 18.4 Å². The van der Waals surface area contributed by atoms with Crippen LogP contribution < -0.4 is 10.6 Å². The van der Waals surface area contributed by atoms with E-state index >= 15 is 0 Å². The topological polar surface area (TPSA) is 42.1 Å². The van der Waals surface area contributed by atoms with Gasteiger partial charge in [0.2, 0.25) is 0 Å². The summed E-state index contributed by atoms with van der Waals surface area (Å²) in [5.74, 6) is 0.540. The third-order valence-electron chi connectivity index (χ3n) is 2.95. The predicted octanol–water partition coefficient (Wildman–Crippen LogP) is 2.75. The van der Waals surface area contributed by atoms with Crippen LogP contribution in [-0.4, -0.2) is 30.8 Å².